The minimum atomic E-state index is -0.601. The van der Waals surface area contributed by atoms with Crippen LogP contribution in [0.3, 0.4) is 0 Å². The van der Waals surface area contributed by atoms with Gasteiger partial charge in [0.2, 0.25) is 0 Å². The van der Waals surface area contributed by atoms with Crippen molar-refractivity contribution in [3.05, 3.63) is 505 Å². The fourth-order valence-corrected chi connectivity index (χ4v) is 21.4. The number of hydrogen-bond acceptors (Lipinski definition) is 4. The number of anilines is 6. The number of hydrogen-bond donors (Lipinski definition) is 0. The largest absolute Gasteiger partial charge is 0.310 e. The molecule has 0 saturated heterocycles. The lowest BCUT2D eigenvalue weighted by atomic mass is 9.70. The van der Waals surface area contributed by atoms with E-state index < -0.39 is 5.41 Å². The zero-order chi connectivity index (χ0) is 88.2. The van der Waals surface area contributed by atoms with Crippen LogP contribution in [0, 0.1) is 5.92 Å². The minimum Gasteiger partial charge on any atom is -0.310 e. The Balaban J connectivity index is 0.629. The van der Waals surface area contributed by atoms with Gasteiger partial charge in [0.25, 0.3) is 0 Å². The topological polar surface area (TPSA) is 19.0 Å². The minimum absolute atomic E-state index is 0.0319. The molecule has 21 rings (SSSR count). The Bertz CT molecular complexity index is 6990. The zero-order valence-electron chi connectivity index (χ0n) is 75.3. The van der Waals surface area contributed by atoms with Crippen LogP contribution in [0.2, 0.25) is 0 Å². The number of nitrogens with zero attached hydrogens (tertiary/aromatic N) is 3. The molecular weight excluding hydrogens is 1570 g/mol. The zero-order valence-corrected chi connectivity index (χ0v) is 75.3. The third kappa shape index (κ3) is 15.4. The quantitative estimate of drug-likeness (QED) is 0.0561. The third-order valence-electron chi connectivity index (χ3n) is 27.9. The number of fused-ring (bicyclic) bond motifs is 13. The van der Waals surface area contributed by atoms with Crippen molar-refractivity contribution in [1.29, 1.82) is 0 Å². The van der Waals surface area contributed by atoms with E-state index in [1.807, 2.05) is 0 Å². The summed E-state index contributed by atoms with van der Waals surface area (Å²) in [4.78, 5) is 12.8. The van der Waals surface area contributed by atoms with E-state index in [-0.39, 0.29) is 40.9 Å². The maximum atomic E-state index is 7.98. The molecule has 0 aliphatic heterocycles. The molecule has 18 aromatic carbocycles. The van der Waals surface area contributed by atoms with E-state index in [0.717, 1.165) is 69.2 Å². The van der Waals surface area contributed by atoms with E-state index in [0.29, 0.717) is 0 Å². The van der Waals surface area contributed by atoms with Crippen molar-refractivity contribution in [3.63, 3.8) is 0 Å². The van der Waals surface area contributed by atoms with Crippen LogP contribution in [0.25, 0.3) is 100 Å². The summed E-state index contributed by atoms with van der Waals surface area (Å²) in [6.07, 6.45) is 1.31. The molecule has 0 saturated carbocycles. The molecule has 4 nitrogen and oxygen atoms in total. The molecule has 3 aliphatic carbocycles. The van der Waals surface area contributed by atoms with Crippen molar-refractivity contribution < 1.29 is 4.84 Å². The average molecular weight is 1680 g/mol. The molecule has 18 aromatic rings. The first-order valence-electron chi connectivity index (χ1n) is 46.3. The molecule has 0 bridgehead atoms. The summed E-state index contributed by atoms with van der Waals surface area (Å²) < 4.78 is 0. The van der Waals surface area contributed by atoms with Crippen molar-refractivity contribution in [2.75, 3.05) is 9.80 Å². The monoisotopic (exact) mass is 1680 g/mol. The van der Waals surface area contributed by atoms with Crippen molar-refractivity contribution in [1.82, 2.24) is 5.06 Å². The van der Waals surface area contributed by atoms with Crippen molar-refractivity contribution in [2.45, 2.75) is 109 Å². The molecule has 4 heteroatoms. The van der Waals surface area contributed by atoms with Crippen LogP contribution >= 0.6 is 0 Å². The Morgan fingerprint density at radius 3 is 1.01 bits per heavy atom. The Morgan fingerprint density at radius 1 is 0.246 bits per heavy atom. The van der Waals surface area contributed by atoms with Crippen molar-refractivity contribution in [2.24, 2.45) is 5.92 Å². The van der Waals surface area contributed by atoms with Gasteiger partial charge in [-0.3, -0.25) is 4.84 Å². The Hall–Kier alpha value is -14.5. The third-order valence-corrected chi connectivity index (χ3v) is 27.9. The second-order valence-electron chi connectivity index (χ2n) is 37.7. The number of rotatable bonds is 24. The number of hydroxylamine groups is 2. The molecule has 0 radical (unpaired) electrons. The summed E-state index contributed by atoms with van der Waals surface area (Å²) in [7, 11) is 0. The summed E-state index contributed by atoms with van der Waals surface area (Å²) in [6.45, 7) is 18.7. The van der Waals surface area contributed by atoms with Crippen LogP contribution in [-0.2, 0) is 15.7 Å². The van der Waals surface area contributed by atoms with Crippen LogP contribution in [0.4, 0.5) is 34.1 Å². The summed E-state index contributed by atoms with van der Waals surface area (Å²) >= 11 is 0. The lowest BCUT2D eigenvalue weighted by Gasteiger charge is -2.45. The van der Waals surface area contributed by atoms with Crippen molar-refractivity contribution in [3.8, 4) is 100 Å². The molecule has 5 unspecified atom stereocenters. The van der Waals surface area contributed by atoms with Gasteiger partial charge in [0.1, 0.15) is 6.10 Å². The van der Waals surface area contributed by atoms with Crippen LogP contribution in [-0.4, -0.2) is 10.6 Å². The molecule has 1 spiro atoms. The van der Waals surface area contributed by atoms with Crippen LogP contribution in [0.15, 0.2) is 449 Å². The fraction of sp³-hybridized carbons (Fsp3) is 0.143. The van der Waals surface area contributed by atoms with E-state index in [2.05, 4.69) is 519 Å². The average Bonchev–Trinajstić information content (AvgIpc) is 1.50. The van der Waals surface area contributed by atoms with E-state index >= 15 is 0 Å². The fourth-order valence-electron chi connectivity index (χ4n) is 21.4. The van der Waals surface area contributed by atoms with Gasteiger partial charge in [0.05, 0.1) is 11.5 Å². The van der Waals surface area contributed by atoms with Gasteiger partial charge in [-0.15, -0.1) is 0 Å². The van der Waals surface area contributed by atoms with Gasteiger partial charge in [-0.1, -0.05) is 399 Å². The van der Waals surface area contributed by atoms with Gasteiger partial charge >= 0.3 is 0 Å². The highest BCUT2D eigenvalue weighted by atomic mass is 16.7. The summed E-state index contributed by atoms with van der Waals surface area (Å²) in [5.41, 5.74) is 40.2. The number of benzene rings is 18. The summed E-state index contributed by atoms with van der Waals surface area (Å²) in [6, 6.07) is 168. The lowest BCUT2D eigenvalue weighted by Crippen LogP contribution is -2.46. The maximum Gasteiger partial charge on any atom is 0.105 e. The second kappa shape index (κ2) is 34.6. The summed E-state index contributed by atoms with van der Waals surface area (Å²) in [5.74, 6) is 0.566. The van der Waals surface area contributed by atoms with E-state index in [9.17, 15) is 0 Å². The standard InChI is InChI=1S/C126H107N3O/c1-85(2)123(99-39-22-13-23-40-99)129(124(4,5)6)130-122(98-55-53-91(54-56-98)95-63-73-107(74-64-95)128(106-71-61-94(62-72-106)90-37-20-12-21-38-90)109-75-78-113-110-43-24-27-46-116(110)125(7,8)119(113)84-109)83-103(79-86(3)87-31-14-9-15-32-87)97-51-49-96(50-52-97)101-65-76-114-111-44-25-28-47-117(111)126(120(114)81-101)118-48-29-26-45-112(118)115-77-66-102(82-121(115)126)100-41-30-42-108(80-100)127(104-67-57-92(58-68-104)88-33-16-10-17-34-88)105-69-59-93(60-70-105)89-35-18-11-19-36-89/h9-78,80-82,84-86,103,122-123H,79,83H2,1-8H3. The maximum absolute atomic E-state index is 7.98. The van der Waals surface area contributed by atoms with Gasteiger partial charge < -0.3 is 9.80 Å². The Labute approximate surface area is 767 Å². The molecule has 632 valence electrons. The highest BCUT2D eigenvalue weighted by molar-refractivity contribution is 5.98. The highest BCUT2D eigenvalue weighted by Gasteiger charge is 2.52. The van der Waals surface area contributed by atoms with E-state index in [1.54, 1.807) is 0 Å². The SMILES string of the molecule is CC(CC(CC(ON(C(c1ccccc1)C(C)C)C(C)(C)C)c1ccc(-c2ccc(N(c3ccc(-c4ccccc4)cc3)c3ccc4c(c3)C(C)(C)c3ccccc3-4)cc2)cc1)c1ccc(-c2ccc3c(c2)C2(c4ccccc4-3)c3ccccc3-c3ccc(-c4cccc(N(c5ccc(-c6ccccc6)cc5)c5ccc(-c6ccccc6)cc5)c4)cc32)cc1)c1ccccc1. The van der Waals surface area contributed by atoms with Gasteiger partial charge in [0.15, 0.2) is 0 Å². The molecule has 0 N–H and O–H groups in total. The Kier molecular flexibility index (Phi) is 21.9. The molecule has 3 aliphatic rings. The highest BCUT2D eigenvalue weighted by Crippen LogP contribution is 2.64. The smallest absolute Gasteiger partial charge is 0.105 e. The molecule has 0 heterocycles. The normalized spacial score (nSPS) is 14.7. The van der Waals surface area contributed by atoms with Gasteiger partial charge in [-0.05, 0) is 292 Å². The molecule has 130 heavy (non-hydrogen) atoms. The molecule has 0 amide bonds. The first-order chi connectivity index (χ1) is 63.6. The van der Waals surface area contributed by atoms with Gasteiger partial charge in [0, 0.05) is 45.1 Å². The van der Waals surface area contributed by atoms with Crippen LogP contribution < -0.4 is 9.80 Å². The molecular formula is C126H107N3O. The molecule has 5 atom stereocenters. The van der Waals surface area contributed by atoms with Crippen LogP contribution in [0.1, 0.15) is 148 Å². The Morgan fingerprint density at radius 2 is 0.562 bits per heavy atom. The first-order valence-corrected chi connectivity index (χ1v) is 46.3. The summed E-state index contributed by atoms with van der Waals surface area (Å²) in [5, 5.41) is 2.35. The van der Waals surface area contributed by atoms with Crippen LogP contribution in [0.5, 0.6) is 0 Å². The van der Waals surface area contributed by atoms with Gasteiger partial charge in [-0.25, -0.2) is 0 Å². The molecule has 0 fully saturated rings. The molecule has 0 aromatic heterocycles. The second-order valence-corrected chi connectivity index (χ2v) is 37.7. The van der Waals surface area contributed by atoms with E-state index in [1.165, 1.54) is 134 Å². The predicted octanol–water partition coefficient (Wildman–Crippen LogP) is 34.1. The van der Waals surface area contributed by atoms with Crippen molar-refractivity contribution >= 4 is 34.1 Å². The van der Waals surface area contributed by atoms with Gasteiger partial charge in [-0.2, -0.15) is 5.06 Å². The van der Waals surface area contributed by atoms with E-state index in [4.69, 9.17) is 4.84 Å². The lowest BCUT2D eigenvalue weighted by molar-refractivity contribution is -0.278. The predicted molar refractivity (Wildman–Crippen MR) is 545 cm³/mol. The first kappa shape index (κ1) is 82.5.